The van der Waals surface area contributed by atoms with Crippen molar-refractivity contribution in [3.63, 3.8) is 0 Å². The highest BCUT2D eigenvalue weighted by atomic mass is 35.5. The van der Waals surface area contributed by atoms with Crippen LogP contribution in [0.1, 0.15) is 17.3 Å². The minimum Gasteiger partial charge on any atom is -0.490 e. The van der Waals surface area contributed by atoms with Gasteiger partial charge in [0.15, 0.2) is 18.1 Å². The van der Waals surface area contributed by atoms with Gasteiger partial charge in [0.25, 0.3) is 5.91 Å². The van der Waals surface area contributed by atoms with Crippen LogP contribution in [0.3, 0.4) is 0 Å². The molecule has 26 heavy (non-hydrogen) atoms. The third-order valence-corrected chi connectivity index (χ3v) is 4.13. The lowest BCUT2D eigenvalue weighted by molar-refractivity contribution is -0.118. The second-order valence-electron chi connectivity index (χ2n) is 4.99. The quantitative estimate of drug-likeness (QED) is 0.677. The Morgan fingerprint density at radius 1 is 1.04 bits per heavy atom. The highest BCUT2D eigenvalue weighted by molar-refractivity contribution is 6.42. The SMILES string of the molecule is CCOc1cc(C(=O)O)cc(Cl)c1OCC(=O)Nc1ccc(Cl)c(Cl)c1. The van der Waals surface area contributed by atoms with E-state index >= 15 is 0 Å². The van der Waals surface area contributed by atoms with Crippen LogP contribution in [-0.4, -0.2) is 30.2 Å². The minimum atomic E-state index is -1.16. The average Bonchev–Trinajstić information content (AvgIpc) is 2.57. The fourth-order valence-corrected chi connectivity index (χ4v) is 2.57. The molecule has 2 aromatic rings. The molecule has 0 saturated carbocycles. The fourth-order valence-electron chi connectivity index (χ4n) is 2.00. The van der Waals surface area contributed by atoms with Crippen molar-refractivity contribution in [2.75, 3.05) is 18.5 Å². The van der Waals surface area contributed by atoms with Crippen molar-refractivity contribution in [3.8, 4) is 11.5 Å². The van der Waals surface area contributed by atoms with E-state index in [0.717, 1.165) is 0 Å². The van der Waals surface area contributed by atoms with Gasteiger partial charge < -0.3 is 19.9 Å². The Morgan fingerprint density at radius 2 is 1.77 bits per heavy atom. The number of carboxylic acid groups (broad SMARTS) is 1. The predicted molar refractivity (Wildman–Crippen MR) is 100 cm³/mol. The van der Waals surface area contributed by atoms with Gasteiger partial charge in [0.05, 0.1) is 27.2 Å². The van der Waals surface area contributed by atoms with Crippen LogP contribution in [0.4, 0.5) is 5.69 Å². The molecule has 2 rings (SSSR count). The molecule has 0 aromatic heterocycles. The summed E-state index contributed by atoms with van der Waals surface area (Å²) in [7, 11) is 0. The zero-order valence-corrected chi connectivity index (χ0v) is 15.8. The van der Waals surface area contributed by atoms with Crippen LogP contribution in [0, 0.1) is 0 Å². The number of anilines is 1. The standard InChI is InChI=1S/C17H14Cl3NO5/c1-2-25-14-6-9(17(23)24)5-13(20)16(14)26-8-15(22)21-10-3-4-11(18)12(19)7-10/h3-7H,2,8H2,1H3,(H,21,22)(H,23,24). The Hall–Kier alpha value is -2.15. The second-order valence-corrected chi connectivity index (χ2v) is 6.21. The summed E-state index contributed by atoms with van der Waals surface area (Å²) in [6.45, 7) is 1.62. The van der Waals surface area contributed by atoms with Crippen LogP contribution in [0.15, 0.2) is 30.3 Å². The number of carbonyl (C=O) groups excluding carboxylic acids is 1. The summed E-state index contributed by atoms with van der Waals surface area (Å²) < 4.78 is 10.8. The van der Waals surface area contributed by atoms with Crippen LogP contribution in [0.2, 0.25) is 15.1 Å². The van der Waals surface area contributed by atoms with Gasteiger partial charge in [-0.05, 0) is 37.3 Å². The van der Waals surface area contributed by atoms with Crippen molar-refractivity contribution in [3.05, 3.63) is 51.0 Å². The first-order chi connectivity index (χ1) is 12.3. The Labute approximate surface area is 164 Å². The van der Waals surface area contributed by atoms with Gasteiger partial charge >= 0.3 is 5.97 Å². The summed E-state index contributed by atoms with van der Waals surface area (Å²) >= 11 is 17.8. The van der Waals surface area contributed by atoms with Crippen molar-refractivity contribution >= 4 is 52.4 Å². The number of benzene rings is 2. The Kier molecular flexibility index (Phi) is 6.97. The molecule has 2 aromatic carbocycles. The number of amides is 1. The Morgan fingerprint density at radius 3 is 2.38 bits per heavy atom. The largest absolute Gasteiger partial charge is 0.490 e. The minimum absolute atomic E-state index is 0.0238. The molecule has 0 bridgehead atoms. The summed E-state index contributed by atoms with van der Waals surface area (Å²) in [6, 6.07) is 7.14. The van der Waals surface area contributed by atoms with E-state index < -0.39 is 11.9 Å². The third-order valence-electron chi connectivity index (χ3n) is 3.11. The van der Waals surface area contributed by atoms with Gasteiger partial charge in [0.1, 0.15) is 0 Å². The summed E-state index contributed by atoms with van der Waals surface area (Å²) in [6.07, 6.45) is 0. The van der Waals surface area contributed by atoms with Crippen LogP contribution >= 0.6 is 34.8 Å². The van der Waals surface area contributed by atoms with E-state index in [4.69, 9.17) is 49.4 Å². The summed E-state index contributed by atoms with van der Waals surface area (Å²) in [5.41, 5.74) is 0.399. The molecule has 2 N–H and O–H groups in total. The van der Waals surface area contributed by atoms with E-state index in [2.05, 4.69) is 5.32 Å². The predicted octanol–water partition coefficient (Wildman–Crippen LogP) is 4.76. The zero-order valence-electron chi connectivity index (χ0n) is 13.5. The molecule has 1 amide bonds. The first kappa shape index (κ1) is 20.2. The van der Waals surface area contributed by atoms with Crippen molar-refractivity contribution in [1.29, 1.82) is 0 Å². The summed E-state index contributed by atoms with van der Waals surface area (Å²) in [4.78, 5) is 23.1. The van der Waals surface area contributed by atoms with Crippen LogP contribution < -0.4 is 14.8 Å². The monoisotopic (exact) mass is 417 g/mol. The Bertz CT molecular complexity index is 841. The van der Waals surface area contributed by atoms with Crippen molar-refractivity contribution < 1.29 is 24.2 Å². The maximum absolute atomic E-state index is 12.0. The zero-order chi connectivity index (χ0) is 19.3. The van der Waals surface area contributed by atoms with Gasteiger partial charge in [-0.25, -0.2) is 4.79 Å². The molecule has 0 aliphatic rings. The number of rotatable bonds is 7. The smallest absolute Gasteiger partial charge is 0.335 e. The van der Waals surface area contributed by atoms with E-state index in [9.17, 15) is 9.59 Å². The molecule has 0 aliphatic carbocycles. The van der Waals surface area contributed by atoms with E-state index in [1.54, 1.807) is 19.1 Å². The number of aromatic carboxylic acids is 1. The van der Waals surface area contributed by atoms with Crippen LogP contribution in [0.5, 0.6) is 11.5 Å². The molecule has 6 nitrogen and oxygen atoms in total. The lowest BCUT2D eigenvalue weighted by atomic mass is 10.2. The van der Waals surface area contributed by atoms with Crippen molar-refractivity contribution in [2.45, 2.75) is 6.92 Å². The molecule has 0 atom stereocenters. The molecule has 9 heteroatoms. The maximum Gasteiger partial charge on any atom is 0.335 e. The maximum atomic E-state index is 12.0. The van der Waals surface area contributed by atoms with Gasteiger partial charge in [0.2, 0.25) is 0 Å². The number of halogens is 3. The number of hydrogen-bond acceptors (Lipinski definition) is 4. The number of nitrogens with one attached hydrogen (secondary N) is 1. The van der Waals surface area contributed by atoms with Gasteiger partial charge in [-0.3, -0.25) is 4.79 Å². The lowest BCUT2D eigenvalue weighted by Gasteiger charge is -2.14. The molecule has 0 spiro atoms. The highest BCUT2D eigenvalue weighted by Crippen LogP contribution is 2.36. The van der Waals surface area contributed by atoms with Crippen LogP contribution in [0.25, 0.3) is 0 Å². The molecule has 0 fully saturated rings. The summed E-state index contributed by atoms with van der Waals surface area (Å²) in [5, 5.41) is 12.4. The second kappa shape index (κ2) is 8.98. The molecular weight excluding hydrogens is 405 g/mol. The lowest BCUT2D eigenvalue weighted by Crippen LogP contribution is -2.20. The molecule has 0 aliphatic heterocycles. The fraction of sp³-hybridized carbons (Fsp3) is 0.176. The van der Waals surface area contributed by atoms with Gasteiger partial charge in [-0.2, -0.15) is 0 Å². The number of carboxylic acids is 1. The molecule has 0 heterocycles. The first-order valence-electron chi connectivity index (χ1n) is 7.39. The molecule has 138 valence electrons. The summed E-state index contributed by atoms with van der Waals surface area (Å²) in [5.74, 6) is -1.40. The topological polar surface area (TPSA) is 84.9 Å². The number of hydrogen-bond donors (Lipinski definition) is 2. The van der Waals surface area contributed by atoms with Crippen LogP contribution in [-0.2, 0) is 4.79 Å². The van der Waals surface area contributed by atoms with Gasteiger partial charge in [-0.15, -0.1) is 0 Å². The molecule has 0 saturated heterocycles. The van der Waals surface area contributed by atoms with E-state index in [1.807, 2.05) is 0 Å². The third kappa shape index (κ3) is 5.17. The van der Waals surface area contributed by atoms with Crippen molar-refractivity contribution in [2.24, 2.45) is 0 Å². The van der Waals surface area contributed by atoms with Gasteiger partial charge in [-0.1, -0.05) is 34.8 Å². The Balaban J connectivity index is 2.11. The van der Waals surface area contributed by atoms with E-state index in [1.165, 1.54) is 18.2 Å². The number of ether oxygens (including phenoxy) is 2. The molecule has 0 unspecified atom stereocenters. The normalized spacial score (nSPS) is 10.3. The highest BCUT2D eigenvalue weighted by Gasteiger charge is 2.17. The average molecular weight is 419 g/mol. The molecule has 0 radical (unpaired) electrons. The van der Waals surface area contributed by atoms with E-state index in [-0.39, 0.29) is 35.3 Å². The van der Waals surface area contributed by atoms with Gasteiger partial charge in [0, 0.05) is 5.69 Å². The van der Waals surface area contributed by atoms with E-state index in [0.29, 0.717) is 15.7 Å². The molecular formula is C17H14Cl3NO5. The number of carbonyl (C=O) groups is 2. The first-order valence-corrected chi connectivity index (χ1v) is 8.52. The van der Waals surface area contributed by atoms with Crippen molar-refractivity contribution in [1.82, 2.24) is 0 Å².